The SMILES string of the molecule is CCC(C)(C(NC)C1=CCCO1)N(C)C. The number of ether oxygens (including phenoxy) is 1. The zero-order valence-electron chi connectivity index (χ0n) is 10.6. The van der Waals surface area contributed by atoms with Gasteiger partial charge in [-0.1, -0.05) is 6.92 Å². The van der Waals surface area contributed by atoms with Gasteiger partial charge in [-0.25, -0.2) is 0 Å². The van der Waals surface area contributed by atoms with E-state index in [1.807, 2.05) is 7.05 Å². The molecule has 88 valence electrons. The lowest BCUT2D eigenvalue weighted by Crippen LogP contribution is -2.56. The van der Waals surface area contributed by atoms with E-state index in [0.717, 1.165) is 25.2 Å². The molecule has 1 aliphatic heterocycles. The molecule has 2 unspecified atom stereocenters. The van der Waals surface area contributed by atoms with Crippen LogP contribution in [0.4, 0.5) is 0 Å². The maximum atomic E-state index is 5.68. The number of nitrogens with zero attached hydrogens (tertiary/aromatic N) is 1. The van der Waals surface area contributed by atoms with E-state index in [1.165, 1.54) is 0 Å². The Labute approximate surface area is 93.5 Å². The summed E-state index contributed by atoms with van der Waals surface area (Å²) < 4.78 is 5.68. The largest absolute Gasteiger partial charge is 0.496 e. The quantitative estimate of drug-likeness (QED) is 0.749. The van der Waals surface area contributed by atoms with Crippen LogP contribution in [0.3, 0.4) is 0 Å². The summed E-state index contributed by atoms with van der Waals surface area (Å²) in [6, 6.07) is 0.278. The standard InChI is InChI=1S/C12H24N2O/c1-6-12(2,14(4)5)11(13-3)10-8-7-9-15-10/h8,11,13H,6-7,9H2,1-5H3. The van der Waals surface area contributed by atoms with Crippen molar-refractivity contribution in [3.05, 3.63) is 11.8 Å². The van der Waals surface area contributed by atoms with Crippen molar-refractivity contribution in [2.75, 3.05) is 27.7 Å². The molecule has 2 atom stereocenters. The van der Waals surface area contributed by atoms with Crippen LogP contribution in [-0.4, -0.2) is 44.2 Å². The molecule has 1 N–H and O–H groups in total. The van der Waals surface area contributed by atoms with E-state index >= 15 is 0 Å². The predicted molar refractivity (Wildman–Crippen MR) is 63.9 cm³/mol. The van der Waals surface area contributed by atoms with Gasteiger partial charge in [0.2, 0.25) is 0 Å². The zero-order chi connectivity index (χ0) is 11.5. The Hall–Kier alpha value is -0.540. The fourth-order valence-electron chi connectivity index (χ4n) is 2.18. The number of nitrogens with one attached hydrogen (secondary N) is 1. The Morgan fingerprint density at radius 1 is 1.60 bits per heavy atom. The smallest absolute Gasteiger partial charge is 0.111 e. The van der Waals surface area contributed by atoms with Gasteiger partial charge in [0.05, 0.1) is 12.6 Å². The maximum Gasteiger partial charge on any atom is 0.111 e. The topological polar surface area (TPSA) is 24.5 Å². The highest BCUT2D eigenvalue weighted by molar-refractivity contribution is 5.15. The van der Waals surface area contributed by atoms with Crippen molar-refractivity contribution >= 4 is 0 Å². The van der Waals surface area contributed by atoms with Gasteiger partial charge in [0.25, 0.3) is 0 Å². The monoisotopic (exact) mass is 212 g/mol. The molecular weight excluding hydrogens is 188 g/mol. The van der Waals surface area contributed by atoms with Crippen molar-refractivity contribution in [3.8, 4) is 0 Å². The minimum atomic E-state index is 0.102. The van der Waals surface area contributed by atoms with Crippen molar-refractivity contribution in [3.63, 3.8) is 0 Å². The molecule has 0 fully saturated rings. The van der Waals surface area contributed by atoms with Crippen molar-refractivity contribution < 1.29 is 4.74 Å². The van der Waals surface area contributed by atoms with Gasteiger partial charge in [-0.05, 0) is 40.6 Å². The van der Waals surface area contributed by atoms with Crippen LogP contribution in [0.15, 0.2) is 11.8 Å². The third-order valence-electron chi connectivity index (χ3n) is 3.66. The van der Waals surface area contributed by atoms with Gasteiger partial charge in [0, 0.05) is 12.0 Å². The molecular formula is C12H24N2O. The highest BCUT2D eigenvalue weighted by atomic mass is 16.5. The summed E-state index contributed by atoms with van der Waals surface area (Å²) in [6.45, 7) is 5.33. The van der Waals surface area contributed by atoms with Crippen LogP contribution < -0.4 is 5.32 Å². The molecule has 0 aliphatic carbocycles. The Morgan fingerprint density at radius 3 is 2.60 bits per heavy atom. The normalized spacial score (nSPS) is 22.1. The lowest BCUT2D eigenvalue weighted by molar-refractivity contribution is 0.0950. The number of likely N-dealkylation sites (N-methyl/N-ethyl adjacent to an activating group) is 2. The Bertz CT molecular complexity index is 238. The molecule has 0 spiro atoms. The summed E-state index contributed by atoms with van der Waals surface area (Å²) in [6.07, 6.45) is 4.34. The van der Waals surface area contributed by atoms with Crippen LogP contribution in [0.25, 0.3) is 0 Å². The molecule has 3 heteroatoms. The van der Waals surface area contributed by atoms with E-state index in [1.54, 1.807) is 0 Å². The van der Waals surface area contributed by atoms with E-state index in [9.17, 15) is 0 Å². The van der Waals surface area contributed by atoms with Crippen LogP contribution in [0, 0.1) is 0 Å². The van der Waals surface area contributed by atoms with Gasteiger partial charge in [0.1, 0.15) is 5.76 Å². The summed E-state index contributed by atoms with van der Waals surface area (Å²) in [5, 5.41) is 3.38. The first-order chi connectivity index (χ1) is 7.06. The van der Waals surface area contributed by atoms with Gasteiger partial charge in [-0.2, -0.15) is 0 Å². The van der Waals surface area contributed by atoms with Crippen molar-refractivity contribution in [2.45, 2.75) is 38.3 Å². The molecule has 0 aromatic rings. The van der Waals surface area contributed by atoms with Crippen molar-refractivity contribution in [1.82, 2.24) is 10.2 Å². The van der Waals surface area contributed by atoms with Crippen molar-refractivity contribution in [1.29, 1.82) is 0 Å². The molecule has 3 nitrogen and oxygen atoms in total. The second kappa shape index (κ2) is 4.99. The average Bonchev–Trinajstić information content (AvgIpc) is 2.71. The molecule has 0 saturated heterocycles. The zero-order valence-corrected chi connectivity index (χ0v) is 10.6. The maximum absolute atomic E-state index is 5.68. The molecule has 0 aromatic carbocycles. The van der Waals surface area contributed by atoms with Gasteiger partial charge in [-0.15, -0.1) is 0 Å². The van der Waals surface area contributed by atoms with Gasteiger partial charge in [0.15, 0.2) is 0 Å². The third kappa shape index (κ3) is 2.34. The van der Waals surface area contributed by atoms with Crippen molar-refractivity contribution in [2.24, 2.45) is 0 Å². The minimum Gasteiger partial charge on any atom is -0.496 e. The Balaban J connectivity index is 2.88. The van der Waals surface area contributed by atoms with E-state index in [-0.39, 0.29) is 11.6 Å². The van der Waals surface area contributed by atoms with Crippen LogP contribution in [-0.2, 0) is 4.74 Å². The molecule has 0 radical (unpaired) electrons. The molecule has 1 rings (SSSR count). The number of rotatable bonds is 5. The number of hydrogen-bond acceptors (Lipinski definition) is 3. The fraction of sp³-hybridized carbons (Fsp3) is 0.833. The first-order valence-electron chi connectivity index (χ1n) is 5.73. The minimum absolute atomic E-state index is 0.102. The van der Waals surface area contributed by atoms with E-state index in [4.69, 9.17) is 4.74 Å². The van der Waals surface area contributed by atoms with E-state index in [0.29, 0.717) is 0 Å². The van der Waals surface area contributed by atoms with Gasteiger partial charge < -0.3 is 15.0 Å². The van der Waals surface area contributed by atoms with Gasteiger partial charge >= 0.3 is 0 Å². The summed E-state index contributed by atoms with van der Waals surface area (Å²) in [4.78, 5) is 2.27. The molecule has 0 saturated carbocycles. The van der Waals surface area contributed by atoms with Crippen LogP contribution in [0.5, 0.6) is 0 Å². The van der Waals surface area contributed by atoms with Gasteiger partial charge in [-0.3, -0.25) is 0 Å². The molecule has 0 aromatic heterocycles. The average molecular weight is 212 g/mol. The highest BCUT2D eigenvalue weighted by Crippen LogP contribution is 2.28. The van der Waals surface area contributed by atoms with E-state index in [2.05, 4.69) is 44.2 Å². The predicted octanol–water partition coefficient (Wildman–Crippen LogP) is 1.61. The lowest BCUT2D eigenvalue weighted by Gasteiger charge is -2.42. The first kappa shape index (κ1) is 12.5. The summed E-state index contributed by atoms with van der Waals surface area (Å²) >= 11 is 0. The third-order valence-corrected chi connectivity index (χ3v) is 3.66. The molecule has 1 aliphatic rings. The van der Waals surface area contributed by atoms with Crippen LogP contribution in [0.1, 0.15) is 26.7 Å². The highest BCUT2D eigenvalue weighted by Gasteiger charge is 2.37. The van der Waals surface area contributed by atoms with Crippen LogP contribution >= 0.6 is 0 Å². The summed E-state index contributed by atoms with van der Waals surface area (Å²) in [7, 11) is 6.26. The fourth-order valence-corrected chi connectivity index (χ4v) is 2.18. The van der Waals surface area contributed by atoms with E-state index < -0.39 is 0 Å². The molecule has 1 heterocycles. The second-order valence-corrected chi connectivity index (χ2v) is 4.57. The first-order valence-corrected chi connectivity index (χ1v) is 5.73. The Morgan fingerprint density at radius 2 is 2.27 bits per heavy atom. The van der Waals surface area contributed by atoms with Crippen LogP contribution in [0.2, 0.25) is 0 Å². The Kier molecular flexibility index (Phi) is 4.17. The lowest BCUT2D eigenvalue weighted by atomic mass is 9.86. The summed E-state index contributed by atoms with van der Waals surface area (Å²) in [5.41, 5.74) is 0.102. The summed E-state index contributed by atoms with van der Waals surface area (Å²) in [5.74, 6) is 1.11. The molecule has 15 heavy (non-hydrogen) atoms. The number of hydrogen-bond donors (Lipinski definition) is 1. The molecule has 0 bridgehead atoms. The second-order valence-electron chi connectivity index (χ2n) is 4.57. The molecule has 0 amide bonds.